The first-order valence-corrected chi connectivity index (χ1v) is 13.5. The summed E-state index contributed by atoms with van der Waals surface area (Å²) in [7, 11) is 5.90. The third-order valence-corrected chi connectivity index (χ3v) is 7.95. The highest BCUT2D eigenvalue weighted by molar-refractivity contribution is 5.55. The number of aliphatic hydroxyl groups excluding tert-OH is 2. The smallest absolute Gasteiger partial charge is 0.204 e. The normalized spacial score (nSPS) is 22.7. The Morgan fingerprint density at radius 2 is 1.21 bits per heavy atom. The van der Waals surface area contributed by atoms with Gasteiger partial charge < -0.3 is 53.6 Å². The number of aliphatic hydroxyl groups is 2. The molecule has 2 aliphatic heterocycles. The molecule has 4 N–H and O–H groups in total. The van der Waals surface area contributed by atoms with Gasteiger partial charge in [0.05, 0.1) is 60.5 Å². The topological polar surface area (TPSA) is 146 Å². The van der Waals surface area contributed by atoms with Crippen LogP contribution in [-0.2, 0) is 9.47 Å². The monoisotopic (exact) mass is 584 g/mol. The molecular weight excluding hydrogens is 548 g/mol. The summed E-state index contributed by atoms with van der Waals surface area (Å²) in [5, 5.41) is 41.0. The number of hydrogen-bond donors (Lipinski definition) is 4. The summed E-state index contributed by atoms with van der Waals surface area (Å²) in [6.07, 6.45) is -2.87. The first-order valence-electron chi connectivity index (χ1n) is 13.5. The number of methoxy groups -OCH3 is 4. The second-order valence-electron chi connectivity index (χ2n) is 10.2. The summed E-state index contributed by atoms with van der Waals surface area (Å²) < 4.78 is 40.3. The molecule has 11 heteroatoms. The Morgan fingerprint density at radius 3 is 1.76 bits per heavy atom. The number of phenols is 2. The average Bonchev–Trinajstić information content (AvgIpc) is 3.62. The Bertz CT molecular complexity index is 1370. The van der Waals surface area contributed by atoms with E-state index in [-0.39, 0.29) is 47.0 Å². The van der Waals surface area contributed by atoms with E-state index in [1.807, 2.05) is 6.07 Å². The molecule has 226 valence electrons. The molecule has 0 aliphatic carbocycles. The number of ether oxygens (including phenoxy) is 7. The first-order chi connectivity index (χ1) is 20.3. The Labute approximate surface area is 243 Å². The van der Waals surface area contributed by atoms with Gasteiger partial charge in [-0.05, 0) is 53.1 Å². The predicted octanol–water partition coefficient (Wildman–Crippen LogP) is 3.68. The zero-order chi connectivity index (χ0) is 30.0. The number of phenolic OH excluding ortho intramolecular Hbond substituents is 2. The molecule has 42 heavy (non-hydrogen) atoms. The lowest BCUT2D eigenvalue weighted by Gasteiger charge is -2.26. The summed E-state index contributed by atoms with van der Waals surface area (Å²) in [6, 6.07) is 13.2. The van der Waals surface area contributed by atoms with E-state index in [9.17, 15) is 20.4 Å². The van der Waals surface area contributed by atoms with E-state index in [2.05, 4.69) is 0 Å². The van der Waals surface area contributed by atoms with Gasteiger partial charge in [0.1, 0.15) is 6.10 Å². The van der Waals surface area contributed by atoms with Gasteiger partial charge in [0, 0.05) is 11.8 Å². The summed E-state index contributed by atoms with van der Waals surface area (Å²) in [6.45, 7) is 0.427. The van der Waals surface area contributed by atoms with Crippen molar-refractivity contribution in [2.45, 2.75) is 24.4 Å². The first kappa shape index (κ1) is 29.6. The number of benzene rings is 3. The van der Waals surface area contributed by atoms with E-state index in [4.69, 9.17) is 33.2 Å². The van der Waals surface area contributed by atoms with E-state index < -0.39 is 18.8 Å². The van der Waals surface area contributed by atoms with Gasteiger partial charge in [-0.2, -0.15) is 0 Å². The Kier molecular flexibility index (Phi) is 8.83. The van der Waals surface area contributed by atoms with Gasteiger partial charge in [-0.1, -0.05) is 12.1 Å². The van der Waals surface area contributed by atoms with Crippen LogP contribution < -0.4 is 23.7 Å². The van der Waals surface area contributed by atoms with Crippen molar-refractivity contribution < 1.29 is 53.6 Å². The molecule has 0 radical (unpaired) electrons. The lowest BCUT2D eigenvalue weighted by Crippen LogP contribution is -2.29. The molecule has 6 atom stereocenters. The third-order valence-electron chi connectivity index (χ3n) is 7.95. The second-order valence-corrected chi connectivity index (χ2v) is 10.2. The molecule has 3 aromatic carbocycles. The van der Waals surface area contributed by atoms with Crippen LogP contribution in [-0.4, -0.2) is 74.8 Å². The number of rotatable bonds is 11. The van der Waals surface area contributed by atoms with Crippen molar-refractivity contribution in [3.63, 3.8) is 0 Å². The van der Waals surface area contributed by atoms with Crippen LogP contribution in [0.2, 0.25) is 0 Å². The minimum absolute atomic E-state index is 0.0486. The molecule has 0 amide bonds. The second kappa shape index (κ2) is 12.5. The van der Waals surface area contributed by atoms with Crippen LogP contribution in [0.15, 0.2) is 48.5 Å². The summed E-state index contributed by atoms with van der Waals surface area (Å²) in [4.78, 5) is 0. The molecule has 2 saturated heterocycles. The van der Waals surface area contributed by atoms with E-state index in [1.165, 1.54) is 46.6 Å². The van der Waals surface area contributed by atoms with Gasteiger partial charge in [-0.15, -0.1) is 0 Å². The molecule has 0 aromatic heterocycles. The zero-order valence-corrected chi connectivity index (χ0v) is 23.9. The highest BCUT2D eigenvalue weighted by Gasteiger charge is 2.48. The standard InChI is InChI=1S/C31H36O11/c1-36-23-9-16(5-7-21(23)33)28(35)27(13-32)42-31-25(38-3)11-18(12-26(31)39-4)30-20-15-40-29(19(20)14-41-30)17-6-8-22(34)24(10-17)37-2/h5-12,19-20,27-30,32-35H,13-15H2,1-4H3. The quantitative estimate of drug-likeness (QED) is 0.262. The molecule has 2 fully saturated rings. The van der Waals surface area contributed by atoms with E-state index in [0.29, 0.717) is 36.0 Å². The maximum absolute atomic E-state index is 11.0. The third kappa shape index (κ3) is 5.48. The fourth-order valence-corrected chi connectivity index (χ4v) is 5.73. The maximum Gasteiger partial charge on any atom is 0.204 e. The molecule has 5 rings (SSSR count). The van der Waals surface area contributed by atoms with Gasteiger partial charge in [-0.25, -0.2) is 0 Å². The fourth-order valence-electron chi connectivity index (χ4n) is 5.73. The fraction of sp³-hybridized carbons (Fsp3) is 0.419. The molecule has 0 bridgehead atoms. The SMILES string of the molecule is COc1cc(C(O)C(CO)Oc2c(OC)cc(C3OCC4C(c5ccc(O)c(OC)c5)OCC34)cc2OC)ccc1O. The number of aromatic hydroxyl groups is 2. The van der Waals surface area contributed by atoms with Crippen LogP contribution >= 0.6 is 0 Å². The molecule has 6 unspecified atom stereocenters. The number of fused-ring (bicyclic) bond motifs is 1. The van der Waals surface area contributed by atoms with Crippen molar-refractivity contribution in [3.8, 4) is 40.2 Å². The Morgan fingerprint density at radius 1 is 0.714 bits per heavy atom. The van der Waals surface area contributed by atoms with Gasteiger partial charge in [0.15, 0.2) is 40.6 Å². The Balaban J connectivity index is 1.39. The highest BCUT2D eigenvalue weighted by Crippen LogP contribution is 2.53. The van der Waals surface area contributed by atoms with E-state index in [0.717, 1.165) is 11.1 Å². The van der Waals surface area contributed by atoms with Gasteiger partial charge in [0.2, 0.25) is 5.75 Å². The van der Waals surface area contributed by atoms with Gasteiger partial charge >= 0.3 is 0 Å². The van der Waals surface area contributed by atoms with Crippen molar-refractivity contribution in [2.24, 2.45) is 11.8 Å². The summed E-state index contributed by atoms with van der Waals surface area (Å²) in [5.74, 6) is 1.56. The molecule has 3 aromatic rings. The van der Waals surface area contributed by atoms with E-state index in [1.54, 1.807) is 24.3 Å². The molecule has 11 nitrogen and oxygen atoms in total. The summed E-state index contributed by atoms with van der Waals surface area (Å²) >= 11 is 0. The van der Waals surface area contributed by atoms with Gasteiger partial charge in [0.25, 0.3) is 0 Å². The van der Waals surface area contributed by atoms with Crippen LogP contribution in [0.5, 0.6) is 40.2 Å². The predicted molar refractivity (Wildman–Crippen MR) is 150 cm³/mol. The molecular formula is C31H36O11. The lowest BCUT2D eigenvalue weighted by atomic mass is 9.84. The zero-order valence-electron chi connectivity index (χ0n) is 23.9. The maximum atomic E-state index is 11.0. The van der Waals surface area contributed by atoms with Crippen LogP contribution in [0.4, 0.5) is 0 Å². The van der Waals surface area contributed by atoms with Gasteiger partial charge in [-0.3, -0.25) is 0 Å². The van der Waals surface area contributed by atoms with Crippen molar-refractivity contribution in [1.82, 2.24) is 0 Å². The summed E-state index contributed by atoms with van der Waals surface area (Å²) in [5.41, 5.74) is 2.09. The van der Waals surface area contributed by atoms with Crippen LogP contribution in [0, 0.1) is 11.8 Å². The number of hydrogen-bond acceptors (Lipinski definition) is 11. The van der Waals surface area contributed by atoms with Crippen molar-refractivity contribution in [2.75, 3.05) is 48.3 Å². The molecule has 2 heterocycles. The lowest BCUT2D eigenvalue weighted by molar-refractivity contribution is -0.00197. The molecule has 0 spiro atoms. The molecule has 0 saturated carbocycles. The van der Waals surface area contributed by atoms with Crippen molar-refractivity contribution >= 4 is 0 Å². The Hall–Kier alpha value is -3.90. The minimum atomic E-state index is -1.26. The van der Waals surface area contributed by atoms with Crippen LogP contribution in [0.25, 0.3) is 0 Å². The largest absolute Gasteiger partial charge is 0.504 e. The van der Waals surface area contributed by atoms with Crippen LogP contribution in [0.1, 0.15) is 35.0 Å². The van der Waals surface area contributed by atoms with Crippen molar-refractivity contribution in [1.29, 1.82) is 0 Å². The van der Waals surface area contributed by atoms with Crippen molar-refractivity contribution in [3.05, 3.63) is 65.2 Å². The average molecular weight is 585 g/mol. The molecule has 2 aliphatic rings. The highest BCUT2D eigenvalue weighted by atomic mass is 16.6. The minimum Gasteiger partial charge on any atom is -0.504 e. The van der Waals surface area contributed by atoms with E-state index >= 15 is 0 Å². The van der Waals surface area contributed by atoms with Crippen LogP contribution in [0.3, 0.4) is 0 Å².